The molecule has 4 heteroatoms. The Morgan fingerprint density at radius 2 is 2.53 bits per heavy atom. The van der Waals surface area contributed by atoms with Crippen molar-refractivity contribution < 1.29 is 9.53 Å². The normalized spacial score (nSPS) is 9.40. The van der Waals surface area contributed by atoms with Crippen LogP contribution in [0.15, 0.2) is 31.1 Å². The molecule has 1 N–H and O–H groups in total. The van der Waals surface area contributed by atoms with Crippen LogP contribution in [0.25, 0.3) is 0 Å². The molecule has 0 aromatic carbocycles. The van der Waals surface area contributed by atoms with Crippen molar-refractivity contribution in [1.29, 1.82) is 0 Å². The van der Waals surface area contributed by atoms with E-state index in [0.717, 1.165) is 0 Å². The summed E-state index contributed by atoms with van der Waals surface area (Å²) in [5.41, 5.74) is 1.16. The van der Waals surface area contributed by atoms with Gasteiger partial charge in [-0.15, -0.1) is 6.58 Å². The second kappa shape index (κ2) is 5.80. The largest absolute Gasteiger partial charge is 0.462 e. The number of carbonyl (C=O) groups excluding carboxylic acids is 1. The van der Waals surface area contributed by atoms with E-state index in [4.69, 9.17) is 4.74 Å². The van der Waals surface area contributed by atoms with Gasteiger partial charge in [0.15, 0.2) is 0 Å². The van der Waals surface area contributed by atoms with Gasteiger partial charge >= 0.3 is 5.97 Å². The van der Waals surface area contributed by atoms with Crippen LogP contribution < -0.4 is 5.32 Å². The van der Waals surface area contributed by atoms with E-state index in [1.165, 1.54) is 0 Å². The molecular weight excluding hydrogens is 192 g/mol. The van der Waals surface area contributed by atoms with Crippen molar-refractivity contribution in [3.63, 3.8) is 0 Å². The predicted octanol–water partition coefficient (Wildman–Crippen LogP) is 1.86. The fourth-order valence-corrected chi connectivity index (χ4v) is 1.10. The highest BCUT2D eigenvalue weighted by molar-refractivity contribution is 5.95. The van der Waals surface area contributed by atoms with E-state index in [1.807, 2.05) is 0 Å². The summed E-state index contributed by atoms with van der Waals surface area (Å²) in [7, 11) is 0. The lowest BCUT2D eigenvalue weighted by Crippen LogP contribution is -2.10. The van der Waals surface area contributed by atoms with Crippen LogP contribution in [0.5, 0.6) is 0 Å². The highest BCUT2D eigenvalue weighted by Crippen LogP contribution is 2.14. The summed E-state index contributed by atoms with van der Waals surface area (Å²) in [6.07, 6.45) is 4.86. The zero-order valence-corrected chi connectivity index (χ0v) is 8.69. The summed E-state index contributed by atoms with van der Waals surface area (Å²) >= 11 is 0. The standard InChI is InChI=1S/C11H14N2O2/c1-3-6-13-10-8-12-7-5-9(10)11(14)15-4-2/h3,5,7-8,13H,1,4,6H2,2H3. The van der Waals surface area contributed by atoms with Crippen LogP contribution in [-0.2, 0) is 4.74 Å². The highest BCUT2D eigenvalue weighted by Gasteiger charge is 2.11. The molecule has 1 heterocycles. The molecule has 0 spiro atoms. The van der Waals surface area contributed by atoms with Gasteiger partial charge in [-0.2, -0.15) is 0 Å². The molecule has 15 heavy (non-hydrogen) atoms. The summed E-state index contributed by atoms with van der Waals surface area (Å²) < 4.78 is 4.92. The molecule has 80 valence electrons. The third-order valence-corrected chi connectivity index (χ3v) is 1.75. The van der Waals surface area contributed by atoms with Gasteiger partial charge in [-0.05, 0) is 13.0 Å². The molecule has 4 nitrogen and oxygen atoms in total. The van der Waals surface area contributed by atoms with E-state index < -0.39 is 0 Å². The number of nitrogens with one attached hydrogen (secondary N) is 1. The monoisotopic (exact) mass is 206 g/mol. The second-order valence-corrected chi connectivity index (χ2v) is 2.81. The molecular formula is C11H14N2O2. The average molecular weight is 206 g/mol. The molecule has 0 amide bonds. The quantitative estimate of drug-likeness (QED) is 0.590. The Hall–Kier alpha value is -1.84. The van der Waals surface area contributed by atoms with Gasteiger partial charge in [-0.25, -0.2) is 4.79 Å². The van der Waals surface area contributed by atoms with Crippen molar-refractivity contribution in [1.82, 2.24) is 4.98 Å². The van der Waals surface area contributed by atoms with Crippen molar-refractivity contribution in [3.8, 4) is 0 Å². The predicted molar refractivity (Wildman–Crippen MR) is 58.9 cm³/mol. The Kier molecular flexibility index (Phi) is 4.34. The molecule has 0 atom stereocenters. The number of hydrogen-bond acceptors (Lipinski definition) is 4. The number of esters is 1. The lowest BCUT2D eigenvalue weighted by molar-refractivity contribution is 0.0527. The third-order valence-electron chi connectivity index (χ3n) is 1.75. The molecule has 0 unspecified atom stereocenters. The molecule has 0 saturated heterocycles. The molecule has 0 radical (unpaired) electrons. The molecule has 0 aliphatic rings. The Balaban J connectivity index is 2.85. The number of ether oxygens (including phenoxy) is 1. The van der Waals surface area contributed by atoms with Crippen molar-refractivity contribution in [2.75, 3.05) is 18.5 Å². The number of aromatic nitrogens is 1. The van der Waals surface area contributed by atoms with Gasteiger partial charge in [0.1, 0.15) is 0 Å². The topological polar surface area (TPSA) is 51.2 Å². The smallest absolute Gasteiger partial charge is 0.340 e. The van der Waals surface area contributed by atoms with Gasteiger partial charge in [0.2, 0.25) is 0 Å². The number of hydrogen-bond donors (Lipinski definition) is 1. The first-order valence-electron chi connectivity index (χ1n) is 4.75. The highest BCUT2D eigenvalue weighted by atomic mass is 16.5. The van der Waals surface area contributed by atoms with E-state index >= 15 is 0 Å². The van der Waals surface area contributed by atoms with E-state index in [1.54, 1.807) is 31.5 Å². The number of nitrogens with zero attached hydrogens (tertiary/aromatic N) is 1. The molecule has 1 aromatic rings. The minimum absolute atomic E-state index is 0.341. The third kappa shape index (κ3) is 3.09. The first-order chi connectivity index (χ1) is 7.29. The summed E-state index contributed by atoms with van der Waals surface area (Å²) in [5, 5.41) is 3.02. The van der Waals surface area contributed by atoms with Crippen LogP contribution in [0, 0.1) is 0 Å². The van der Waals surface area contributed by atoms with Gasteiger partial charge in [0, 0.05) is 12.7 Å². The fourth-order valence-electron chi connectivity index (χ4n) is 1.10. The van der Waals surface area contributed by atoms with Gasteiger partial charge in [-0.3, -0.25) is 4.98 Å². The summed E-state index contributed by atoms with van der Waals surface area (Å²) in [6, 6.07) is 1.63. The van der Waals surface area contributed by atoms with Gasteiger partial charge in [0.05, 0.1) is 24.1 Å². The number of rotatable bonds is 5. The number of pyridine rings is 1. The van der Waals surface area contributed by atoms with Crippen LogP contribution >= 0.6 is 0 Å². The van der Waals surface area contributed by atoms with E-state index in [0.29, 0.717) is 24.4 Å². The Morgan fingerprint density at radius 1 is 1.73 bits per heavy atom. The molecule has 0 aliphatic carbocycles. The van der Waals surface area contributed by atoms with Crippen molar-refractivity contribution in [2.45, 2.75) is 6.92 Å². The van der Waals surface area contributed by atoms with Gasteiger partial charge in [0.25, 0.3) is 0 Å². The maximum atomic E-state index is 11.5. The minimum Gasteiger partial charge on any atom is -0.462 e. The van der Waals surface area contributed by atoms with Gasteiger partial charge in [-0.1, -0.05) is 6.08 Å². The molecule has 0 aliphatic heterocycles. The maximum absolute atomic E-state index is 11.5. The van der Waals surface area contributed by atoms with E-state index in [-0.39, 0.29) is 5.97 Å². The van der Waals surface area contributed by atoms with Crippen LogP contribution in [0.4, 0.5) is 5.69 Å². The molecule has 0 bridgehead atoms. The zero-order chi connectivity index (χ0) is 11.1. The molecule has 0 saturated carbocycles. The van der Waals surface area contributed by atoms with Crippen LogP contribution in [0.2, 0.25) is 0 Å². The number of anilines is 1. The van der Waals surface area contributed by atoms with Crippen molar-refractivity contribution >= 4 is 11.7 Å². The average Bonchev–Trinajstić information content (AvgIpc) is 2.27. The Labute approximate surface area is 89.0 Å². The number of carbonyl (C=O) groups is 1. The Morgan fingerprint density at radius 3 is 3.20 bits per heavy atom. The van der Waals surface area contributed by atoms with Crippen LogP contribution in [-0.4, -0.2) is 24.1 Å². The van der Waals surface area contributed by atoms with E-state index in [2.05, 4.69) is 16.9 Å². The van der Waals surface area contributed by atoms with Gasteiger partial charge < -0.3 is 10.1 Å². The maximum Gasteiger partial charge on any atom is 0.340 e. The minimum atomic E-state index is -0.341. The van der Waals surface area contributed by atoms with Crippen molar-refractivity contribution in [3.05, 3.63) is 36.7 Å². The SMILES string of the molecule is C=CCNc1cnccc1C(=O)OCC. The first-order valence-corrected chi connectivity index (χ1v) is 4.75. The van der Waals surface area contributed by atoms with Crippen molar-refractivity contribution in [2.24, 2.45) is 0 Å². The summed E-state index contributed by atoms with van der Waals surface area (Å²) in [5.74, 6) is -0.341. The lowest BCUT2D eigenvalue weighted by Gasteiger charge is -2.08. The first kappa shape index (κ1) is 11.2. The van der Waals surface area contributed by atoms with Crippen LogP contribution in [0.3, 0.4) is 0 Å². The fraction of sp³-hybridized carbons (Fsp3) is 0.273. The lowest BCUT2D eigenvalue weighted by atomic mass is 10.2. The van der Waals surface area contributed by atoms with Crippen LogP contribution in [0.1, 0.15) is 17.3 Å². The Bertz CT molecular complexity index is 350. The summed E-state index contributed by atoms with van der Waals surface area (Å²) in [4.78, 5) is 15.4. The molecule has 1 aromatic heterocycles. The molecule has 0 fully saturated rings. The van der Waals surface area contributed by atoms with E-state index in [9.17, 15) is 4.79 Å². The molecule has 1 rings (SSSR count). The second-order valence-electron chi connectivity index (χ2n) is 2.81. The zero-order valence-electron chi connectivity index (χ0n) is 8.69. The summed E-state index contributed by atoms with van der Waals surface area (Å²) in [6.45, 7) is 6.31.